The first-order valence-electron chi connectivity index (χ1n) is 3.65. The molecular weight excluding hydrogens is 363 g/mol. The first kappa shape index (κ1) is 11.5. The number of rotatable bonds is 2. The van der Waals surface area contributed by atoms with Crippen LogP contribution in [0.15, 0.2) is 23.1 Å². The maximum Gasteiger partial charge on any atom is 0.147 e. The fourth-order valence-electron chi connectivity index (χ4n) is 0.944. The molecule has 4 heteroatoms. The van der Waals surface area contributed by atoms with Crippen LogP contribution in [0.1, 0.15) is 17.3 Å². The van der Waals surface area contributed by atoms with E-state index in [2.05, 4.69) is 51.1 Å². The van der Waals surface area contributed by atoms with Gasteiger partial charge in [-0.2, -0.15) is 0 Å². The van der Waals surface area contributed by atoms with E-state index in [1.165, 1.54) is 0 Å². The van der Waals surface area contributed by atoms with Crippen molar-refractivity contribution in [3.05, 3.63) is 27.3 Å². The zero-order valence-corrected chi connectivity index (χ0v) is 11.6. The second kappa shape index (κ2) is 4.79. The molecule has 1 unspecified atom stereocenters. The van der Waals surface area contributed by atoms with Crippen LogP contribution < -0.4 is 0 Å². The zero-order valence-electron chi connectivity index (χ0n) is 6.92. The minimum absolute atomic E-state index is 0.108. The van der Waals surface area contributed by atoms with Gasteiger partial charge in [0.1, 0.15) is 5.78 Å². The Kier molecular flexibility index (Phi) is 4.25. The van der Waals surface area contributed by atoms with E-state index < -0.39 is 0 Å². The largest absolute Gasteiger partial charge is 0.298 e. The predicted molar refractivity (Wildman–Crippen MR) is 68.8 cm³/mol. The molecule has 1 atom stereocenters. The highest BCUT2D eigenvalue weighted by Gasteiger charge is 2.15. The number of ketones is 1. The van der Waals surface area contributed by atoms with Crippen LogP contribution in [-0.2, 0) is 4.79 Å². The van der Waals surface area contributed by atoms with Crippen molar-refractivity contribution >= 4 is 56.9 Å². The molecule has 0 radical (unpaired) electrons. The van der Waals surface area contributed by atoms with E-state index in [-0.39, 0.29) is 10.6 Å². The summed E-state index contributed by atoms with van der Waals surface area (Å²) in [7, 11) is 0. The van der Waals surface area contributed by atoms with Crippen LogP contribution in [0.4, 0.5) is 0 Å². The average Bonchev–Trinajstić information content (AvgIpc) is 2.08. The molecule has 0 heterocycles. The fraction of sp³-hybridized carbons (Fsp3) is 0.222. The van der Waals surface area contributed by atoms with Crippen LogP contribution in [0.2, 0.25) is 0 Å². The molecule has 1 rings (SSSR count). The zero-order chi connectivity index (χ0) is 10.0. The van der Waals surface area contributed by atoms with Crippen LogP contribution in [0.5, 0.6) is 0 Å². The van der Waals surface area contributed by atoms with Gasteiger partial charge in [0.15, 0.2) is 0 Å². The smallest absolute Gasteiger partial charge is 0.147 e. The van der Waals surface area contributed by atoms with E-state index in [9.17, 15) is 4.79 Å². The molecule has 0 bridgehead atoms. The summed E-state index contributed by atoms with van der Waals surface area (Å²) in [6, 6.07) is 5.77. The number of carbonyl (C=O) groups is 1. The topological polar surface area (TPSA) is 17.1 Å². The Balaban J connectivity index is 3.12. The Morgan fingerprint density at radius 1 is 1.62 bits per heavy atom. The maximum absolute atomic E-state index is 11.1. The molecule has 1 nitrogen and oxygen atoms in total. The van der Waals surface area contributed by atoms with E-state index in [1.807, 2.05) is 18.2 Å². The molecule has 0 saturated carbocycles. The molecule has 1 aromatic carbocycles. The molecule has 0 aliphatic heterocycles. The van der Waals surface area contributed by atoms with E-state index in [0.717, 1.165) is 14.0 Å². The number of alkyl halides is 1. The number of hydrogen-bond acceptors (Lipinski definition) is 2. The van der Waals surface area contributed by atoms with Crippen molar-refractivity contribution in [3.63, 3.8) is 0 Å². The molecule has 0 amide bonds. The van der Waals surface area contributed by atoms with Gasteiger partial charge in [-0.1, -0.05) is 15.9 Å². The van der Waals surface area contributed by atoms with E-state index in [1.54, 1.807) is 6.92 Å². The molecule has 1 aromatic rings. The van der Waals surface area contributed by atoms with Crippen LogP contribution in [0, 0.1) is 3.57 Å². The summed E-state index contributed by atoms with van der Waals surface area (Å²) in [5, 5.41) is 0. The van der Waals surface area contributed by atoms with Gasteiger partial charge in [0.2, 0.25) is 0 Å². The van der Waals surface area contributed by atoms with Gasteiger partial charge in [0.05, 0.1) is 4.83 Å². The van der Waals surface area contributed by atoms with Gasteiger partial charge >= 0.3 is 0 Å². The minimum Gasteiger partial charge on any atom is -0.298 e. The highest BCUT2D eigenvalue weighted by molar-refractivity contribution is 14.1. The summed E-state index contributed by atoms with van der Waals surface area (Å²) < 4.78 is 1.08. The lowest BCUT2D eigenvalue weighted by Gasteiger charge is -2.09. The third-order valence-corrected chi connectivity index (χ3v) is 4.01. The third kappa shape index (κ3) is 2.95. The molecule has 0 fully saturated rings. The van der Waals surface area contributed by atoms with Crippen LogP contribution in [0.3, 0.4) is 0 Å². The number of hydrogen-bond donors (Lipinski definition) is 1. The molecule has 0 aliphatic carbocycles. The van der Waals surface area contributed by atoms with Crippen molar-refractivity contribution < 1.29 is 4.79 Å². The quantitative estimate of drug-likeness (QED) is 0.478. The minimum atomic E-state index is -0.216. The van der Waals surface area contributed by atoms with Crippen molar-refractivity contribution in [1.29, 1.82) is 0 Å². The van der Waals surface area contributed by atoms with Crippen molar-refractivity contribution in [1.82, 2.24) is 0 Å². The van der Waals surface area contributed by atoms with Gasteiger partial charge in [-0.15, -0.1) is 12.6 Å². The summed E-state index contributed by atoms with van der Waals surface area (Å²) >= 11 is 9.79. The Morgan fingerprint density at radius 2 is 2.23 bits per heavy atom. The van der Waals surface area contributed by atoms with Crippen molar-refractivity contribution in [2.45, 2.75) is 16.6 Å². The molecular formula is C9H8BrIOS. The summed E-state index contributed by atoms with van der Waals surface area (Å²) in [5.74, 6) is 0.108. The number of Topliss-reactive ketones (excluding diaryl/α,β-unsaturated/α-hetero) is 1. The van der Waals surface area contributed by atoms with Crippen molar-refractivity contribution in [2.75, 3.05) is 0 Å². The van der Waals surface area contributed by atoms with E-state index in [4.69, 9.17) is 0 Å². The number of halogens is 2. The average molecular weight is 371 g/mol. The fourth-order valence-corrected chi connectivity index (χ4v) is 2.61. The lowest BCUT2D eigenvalue weighted by molar-refractivity contribution is -0.116. The van der Waals surface area contributed by atoms with Gasteiger partial charge in [0.25, 0.3) is 0 Å². The Hall–Kier alpha value is 0.450. The van der Waals surface area contributed by atoms with Gasteiger partial charge in [-0.05, 0) is 53.3 Å². The van der Waals surface area contributed by atoms with Crippen LogP contribution in [-0.4, -0.2) is 5.78 Å². The predicted octanol–water partition coefficient (Wildman–Crippen LogP) is 3.60. The van der Waals surface area contributed by atoms with Gasteiger partial charge in [-0.25, -0.2) is 0 Å². The molecule has 0 aliphatic rings. The number of benzene rings is 1. The normalized spacial score (nSPS) is 12.6. The van der Waals surface area contributed by atoms with E-state index >= 15 is 0 Å². The molecule has 70 valence electrons. The summed E-state index contributed by atoms with van der Waals surface area (Å²) in [4.78, 5) is 11.8. The number of carbonyl (C=O) groups excluding carboxylic acids is 1. The molecule has 0 saturated heterocycles. The first-order valence-corrected chi connectivity index (χ1v) is 6.09. The lowest BCUT2D eigenvalue weighted by atomic mass is 10.1. The third-order valence-electron chi connectivity index (χ3n) is 1.61. The SMILES string of the molecule is CC(=O)C(Br)c1cc(S)ccc1I. The van der Waals surface area contributed by atoms with Crippen molar-refractivity contribution in [2.24, 2.45) is 0 Å². The second-order valence-electron chi connectivity index (χ2n) is 2.68. The highest BCUT2D eigenvalue weighted by Crippen LogP contribution is 2.29. The van der Waals surface area contributed by atoms with Crippen LogP contribution >= 0.6 is 51.1 Å². The number of thiol groups is 1. The first-order chi connectivity index (χ1) is 6.02. The molecule has 0 N–H and O–H groups in total. The van der Waals surface area contributed by atoms with Gasteiger partial charge < -0.3 is 0 Å². The molecule has 0 spiro atoms. The Morgan fingerprint density at radius 3 is 2.77 bits per heavy atom. The van der Waals surface area contributed by atoms with E-state index in [0.29, 0.717) is 0 Å². The maximum atomic E-state index is 11.1. The van der Waals surface area contributed by atoms with Gasteiger partial charge in [0, 0.05) is 8.47 Å². The summed E-state index contributed by atoms with van der Waals surface area (Å²) in [6.45, 7) is 1.57. The second-order valence-corrected chi connectivity index (χ2v) is 5.27. The lowest BCUT2D eigenvalue weighted by Crippen LogP contribution is -2.02. The molecule has 0 aromatic heterocycles. The highest BCUT2D eigenvalue weighted by atomic mass is 127. The van der Waals surface area contributed by atoms with Crippen LogP contribution in [0.25, 0.3) is 0 Å². The molecule has 13 heavy (non-hydrogen) atoms. The van der Waals surface area contributed by atoms with Crippen molar-refractivity contribution in [3.8, 4) is 0 Å². The standard InChI is InChI=1S/C9H8BrIOS/c1-5(12)9(10)7-4-6(13)2-3-8(7)11/h2-4,9,13H,1H3. The summed E-state index contributed by atoms with van der Waals surface area (Å²) in [5.41, 5.74) is 0.987. The summed E-state index contributed by atoms with van der Waals surface area (Å²) in [6.07, 6.45) is 0. The monoisotopic (exact) mass is 370 g/mol. The Labute approximate surface area is 105 Å². The Bertz CT molecular complexity index is 340. The van der Waals surface area contributed by atoms with Gasteiger partial charge in [-0.3, -0.25) is 4.79 Å².